The molecule has 0 aromatic heterocycles. The molecule has 2 saturated heterocycles. The lowest BCUT2D eigenvalue weighted by molar-refractivity contribution is -0.153. The van der Waals surface area contributed by atoms with Gasteiger partial charge in [-0.3, -0.25) is 19.8 Å². The molecule has 4 rings (SSSR count). The Labute approximate surface area is 165 Å². The van der Waals surface area contributed by atoms with Crippen molar-refractivity contribution in [2.24, 2.45) is 5.41 Å². The van der Waals surface area contributed by atoms with E-state index in [1.165, 1.54) is 4.90 Å². The van der Waals surface area contributed by atoms with Gasteiger partial charge in [0.1, 0.15) is 0 Å². The van der Waals surface area contributed by atoms with Gasteiger partial charge >= 0.3 is 6.03 Å². The number of urea groups is 1. The molecule has 0 saturated carbocycles. The van der Waals surface area contributed by atoms with Crippen LogP contribution in [0.1, 0.15) is 37.7 Å². The van der Waals surface area contributed by atoms with Crippen molar-refractivity contribution < 1.29 is 19.1 Å². The van der Waals surface area contributed by atoms with Crippen molar-refractivity contribution in [3.8, 4) is 0 Å². The van der Waals surface area contributed by atoms with Crippen LogP contribution in [0.3, 0.4) is 0 Å². The zero-order valence-corrected chi connectivity index (χ0v) is 16.3. The normalized spacial score (nSPS) is 27.3. The summed E-state index contributed by atoms with van der Waals surface area (Å²) in [5.41, 5.74) is 0.860. The number of rotatable bonds is 4. The molecular weight excluding hydrogens is 358 g/mol. The molecule has 4 amide bonds. The number of amides is 4. The molecule has 1 aromatic carbocycles. The fourth-order valence-electron chi connectivity index (χ4n) is 4.99. The summed E-state index contributed by atoms with van der Waals surface area (Å²) in [5, 5.41) is 2.49. The van der Waals surface area contributed by atoms with Crippen LogP contribution < -0.4 is 10.2 Å². The number of carbonyl (C=O) groups excluding carboxylic acids is 3. The highest BCUT2D eigenvalue weighted by Crippen LogP contribution is 2.47. The smallest absolute Gasteiger partial charge is 0.330 e. The van der Waals surface area contributed by atoms with Gasteiger partial charge in [-0.25, -0.2) is 4.79 Å². The second-order valence-electron chi connectivity index (χ2n) is 7.90. The number of anilines is 1. The van der Waals surface area contributed by atoms with Crippen molar-refractivity contribution in [2.45, 2.75) is 44.6 Å². The van der Waals surface area contributed by atoms with Crippen molar-refractivity contribution in [3.63, 3.8) is 0 Å². The van der Waals surface area contributed by atoms with Gasteiger partial charge in [-0.1, -0.05) is 31.0 Å². The molecule has 0 radical (unpaired) electrons. The summed E-state index contributed by atoms with van der Waals surface area (Å²) < 4.78 is 5.07. The van der Waals surface area contributed by atoms with Crippen LogP contribution in [-0.4, -0.2) is 55.6 Å². The maximum atomic E-state index is 13.7. The van der Waals surface area contributed by atoms with Gasteiger partial charge in [0.15, 0.2) is 5.41 Å². The summed E-state index contributed by atoms with van der Waals surface area (Å²) in [6.45, 7) is 1.53. The Hall–Kier alpha value is -2.41. The average molecular weight is 385 g/mol. The summed E-state index contributed by atoms with van der Waals surface area (Å²) in [7, 11) is 1.59. The standard InChI is InChI=1S/C21H27N3O4/c1-28-13-7-12-24-19(26)21(18(25)22-20(24)27)14-15-8-4-5-9-16(15)23-11-6-2-3-10-17(21)23/h4-5,8-9,17H,2-3,6-7,10-14H2,1H3,(H,22,25,27)/t17-,21-/m0/s1. The SMILES string of the molecule is COCCCN1C(=O)NC(=O)[C@@]2(Cc3ccccc3N3CCCCC[C@H]32)C1=O. The lowest BCUT2D eigenvalue weighted by Gasteiger charge is -2.51. The molecule has 7 nitrogen and oxygen atoms in total. The first kappa shape index (κ1) is 18.9. The monoisotopic (exact) mass is 385 g/mol. The first-order chi connectivity index (χ1) is 13.6. The van der Waals surface area contributed by atoms with E-state index < -0.39 is 17.4 Å². The number of methoxy groups -OCH3 is 1. The Bertz CT molecular complexity index is 796. The maximum Gasteiger partial charge on any atom is 0.330 e. The number of nitrogens with one attached hydrogen (secondary N) is 1. The van der Waals surface area contributed by atoms with Crippen LogP contribution in [0.4, 0.5) is 10.5 Å². The van der Waals surface area contributed by atoms with Gasteiger partial charge in [-0.2, -0.15) is 0 Å². The van der Waals surface area contributed by atoms with Crippen molar-refractivity contribution in [1.82, 2.24) is 10.2 Å². The molecule has 1 aromatic rings. The fourth-order valence-corrected chi connectivity index (χ4v) is 4.99. The molecule has 7 heteroatoms. The minimum atomic E-state index is -1.25. The topological polar surface area (TPSA) is 79.0 Å². The third-order valence-corrected chi connectivity index (χ3v) is 6.32. The number of para-hydroxylation sites is 1. The predicted octanol–water partition coefficient (Wildman–Crippen LogP) is 2.09. The molecule has 150 valence electrons. The molecule has 1 N–H and O–H groups in total. The highest BCUT2D eigenvalue weighted by molar-refractivity contribution is 6.20. The number of fused-ring (bicyclic) bond motifs is 4. The van der Waals surface area contributed by atoms with Crippen LogP contribution in [0.5, 0.6) is 0 Å². The third-order valence-electron chi connectivity index (χ3n) is 6.32. The molecule has 3 aliphatic rings. The van der Waals surface area contributed by atoms with Crippen molar-refractivity contribution >= 4 is 23.5 Å². The zero-order chi connectivity index (χ0) is 19.7. The Kier molecular flexibility index (Phi) is 5.10. The van der Waals surface area contributed by atoms with Crippen LogP contribution in [0.15, 0.2) is 24.3 Å². The Morgan fingerprint density at radius 2 is 2.00 bits per heavy atom. The summed E-state index contributed by atoms with van der Waals surface area (Å²) in [4.78, 5) is 42.8. The molecular formula is C21H27N3O4. The van der Waals surface area contributed by atoms with Crippen LogP contribution in [0.25, 0.3) is 0 Å². The van der Waals surface area contributed by atoms with Gasteiger partial charge in [-0.05, 0) is 37.3 Å². The number of nitrogens with zero attached hydrogens (tertiary/aromatic N) is 2. The van der Waals surface area contributed by atoms with Crippen molar-refractivity contribution in [2.75, 3.05) is 31.7 Å². The van der Waals surface area contributed by atoms with Gasteiger partial charge < -0.3 is 9.64 Å². The quantitative estimate of drug-likeness (QED) is 0.634. The summed E-state index contributed by atoms with van der Waals surface area (Å²) >= 11 is 0. The number of ether oxygens (including phenoxy) is 1. The van der Waals surface area contributed by atoms with E-state index in [-0.39, 0.29) is 18.5 Å². The highest BCUT2D eigenvalue weighted by atomic mass is 16.5. The number of hydrogen-bond acceptors (Lipinski definition) is 5. The number of benzene rings is 1. The molecule has 0 unspecified atom stereocenters. The second-order valence-corrected chi connectivity index (χ2v) is 7.90. The number of hydrogen-bond donors (Lipinski definition) is 1. The molecule has 2 fully saturated rings. The molecule has 3 heterocycles. The van der Waals surface area contributed by atoms with E-state index in [0.717, 1.165) is 43.5 Å². The van der Waals surface area contributed by atoms with E-state index in [1.54, 1.807) is 7.11 Å². The zero-order valence-electron chi connectivity index (χ0n) is 16.3. The van der Waals surface area contributed by atoms with E-state index in [4.69, 9.17) is 4.74 Å². The lowest BCUT2D eigenvalue weighted by atomic mass is 9.67. The predicted molar refractivity (Wildman–Crippen MR) is 104 cm³/mol. The van der Waals surface area contributed by atoms with E-state index in [2.05, 4.69) is 16.3 Å². The van der Waals surface area contributed by atoms with Crippen LogP contribution in [-0.2, 0) is 20.7 Å². The van der Waals surface area contributed by atoms with E-state index >= 15 is 0 Å². The fraction of sp³-hybridized carbons (Fsp3) is 0.571. The van der Waals surface area contributed by atoms with Crippen molar-refractivity contribution in [3.05, 3.63) is 29.8 Å². The summed E-state index contributed by atoms with van der Waals surface area (Å²) in [6.07, 6.45) is 4.75. The van der Waals surface area contributed by atoms with E-state index in [0.29, 0.717) is 19.4 Å². The first-order valence-electron chi connectivity index (χ1n) is 10.1. The van der Waals surface area contributed by atoms with Crippen LogP contribution in [0, 0.1) is 5.41 Å². The van der Waals surface area contributed by atoms with Crippen LogP contribution >= 0.6 is 0 Å². The van der Waals surface area contributed by atoms with Crippen molar-refractivity contribution in [1.29, 1.82) is 0 Å². The summed E-state index contributed by atoms with van der Waals surface area (Å²) in [6, 6.07) is 7.17. The van der Waals surface area contributed by atoms with Crippen LogP contribution in [0.2, 0.25) is 0 Å². The number of carbonyl (C=O) groups is 3. The molecule has 0 aliphatic carbocycles. The minimum absolute atomic E-state index is 0.226. The lowest BCUT2D eigenvalue weighted by Crippen LogP contribution is -2.72. The van der Waals surface area contributed by atoms with Gasteiger partial charge in [0.2, 0.25) is 11.8 Å². The van der Waals surface area contributed by atoms with Gasteiger partial charge in [0.25, 0.3) is 0 Å². The Balaban J connectivity index is 1.77. The van der Waals surface area contributed by atoms with Gasteiger partial charge in [0.05, 0.1) is 6.04 Å². The summed E-state index contributed by atoms with van der Waals surface area (Å²) in [5.74, 6) is -0.805. The second kappa shape index (κ2) is 7.54. The maximum absolute atomic E-state index is 13.7. The van der Waals surface area contributed by atoms with E-state index in [9.17, 15) is 14.4 Å². The molecule has 0 bridgehead atoms. The molecule has 3 aliphatic heterocycles. The van der Waals surface area contributed by atoms with E-state index in [1.807, 2.05) is 18.2 Å². The number of barbiturate groups is 1. The first-order valence-corrected chi connectivity index (χ1v) is 10.1. The number of imide groups is 2. The Morgan fingerprint density at radius 3 is 2.82 bits per heavy atom. The largest absolute Gasteiger partial charge is 0.385 e. The third kappa shape index (κ3) is 2.89. The Morgan fingerprint density at radius 1 is 1.18 bits per heavy atom. The minimum Gasteiger partial charge on any atom is -0.385 e. The molecule has 1 spiro atoms. The highest BCUT2D eigenvalue weighted by Gasteiger charge is 2.61. The molecule has 28 heavy (non-hydrogen) atoms. The van der Waals surface area contributed by atoms with Gasteiger partial charge in [0, 0.05) is 32.5 Å². The average Bonchev–Trinajstić information content (AvgIpc) is 2.95. The van der Waals surface area contributed by atoms with Gasteiger partial charge in [-0.15, -0.1) is 0 Å². The molecule has 2 atom stereocenters.